The number of hydrogen-bond acceptors (Lipinski definition) is 3. The molecule has 20 heavy (non-hydrogen) atoms. The first-order chi connectivity index (χ1) is 9.54. The van der Waals surface area contributed by atoms with Crippen molar-refractivity contribution < 1.29 is 13.0 Å². The second kappa shape index (κ2) is 6.81. The highest BCUT2D eigenvalue weighted by atomic mass is 32.2. The fraction of sp³-hybridized carbons (Fsp3) is 0.333. The van der Waals surface area contributed by atoms with Crippen molar-refractivity contribution in [2.24, 2.45) is 0 Å². The molecule has 0 fully saturated rings. The maximum absolute atomic E-state index is 12.8. The summed E-state index contributed by atoms with van der Waals surface area (Å²) in [7, 11) is -1.22. The largest absolute Gasteiger partial charge is 0.464 e. The molecule has 1 heterocycles. The molecule has 0 aliphatic carbocycles. The highest BCUT2D eigenvalue weighted by Crippen LogP contribution is 2.15. The first kappa shape index (κ1) is 14.9. The summed E-state index contributed by atoms with van der Waals surface area (Å²) in [4.78, 5) is 0.602. The molecule has 108 valence electrons. The molecule has 0 saturated carbocycles. The van der Waals surface area contributed by atoms with E-state index in [9.17, 15) is 8.60 Å². The van der Waals surface area contributed by atoms with Crippen LogP contribution in [0.15, 0.2) is 45.7 Å². The zero-order chi connectivity index (χ0) is 14.5. The Balaban J connectivity index is 1.96. The summed E-state index contributed by atoms with van der Waals surface area (Å²) in [5.41, 5.74) is 0. The van der Waals surface area contributed by atoms with Crippen molar-refractivity contribution in [2.45, 2.75) is 37.1 Å². The van der Waals surface area contributed by atoms with E-state index in [1.807, 2.05) is 12.1 Å². The first-order valence-corrected chi connectivity index (χ1v) is 7.81. The van der Waals surface area contributed by atoms with Crippen LogP contribution in [0.3, 0.4) is 0 Å². The summed E-state index contributed by atoms with van der Waals surface area (Å²) < 4.78 is 30.5. The van der Waals surface area contributed by atoms with Crippen molar-refractivity contribution in [3.63, 3.8) is 0 Å². The molecule has 3 nitrogen and oxygen atoms in total. The molecule has 1 aromatic heterocycles. The van der Waals surface area contributed by atoms with Crippen LogP contribution in [-0.2, 0) is 23.1 Å². The Hall–Kier alpha value is -1.46. The van der Waals surface area contributed by atoms with Crippen LogP contribution in [0.4, 0.5) is 4.39 Å². The third kappa shape index (κ3) is 4.28. The smallest absolute Gasteiger partial charge is 0.123 e. The Bertz CT molecular complexity index is 578. The molecule has 5 heteroatoms. The van der Waals surface area contributed by atoms with E-state index < -0.39 is 10.8 Å². The molecule has 1 atom stereocenters. The van der Waals surface area contributed by atoms with E-state index in [0.29, 0.717) is 29.0 Å². The summed E-state index contributed by atoms with van der Waals surface area (Å²) >= 11 is 0. The molecule has 1 unspecified atom stereocenters. The van der Waals surface area contributed by atoms with Gasteiger partial charge in [0.05, 0.1) is 23.1 Å². The lowest BCUT2D eigenvalue weighted by atomic mass is 10.3. The van der Waals surface area contributed by atoms with Gasteiger partial charge in [-0.1, -0.05) is 13.8 Å². The van der Waals surface area contributed by atoms with Crippen LogP contribution in [-0.4, -0.2) is 10.3 Å². The average Bonchev–Trinajstić information content (AvgIpc) is 2.84. The van der Waals surface area contributed by atoms with Crippen LogP contribution >= 0.6 is 0 Å². The molecule has 0 aliphatic rings. The minimum atomic E-state index is -1.22. The van der Waals surface area contributed by atoms with E-state index in [1.54, 1.807) is 0 Å². The predicted molar refractivity (Wildman–Crippen MR) is 77.2 cm³/mol. The Morgan fingerprint density at radius 3 is 2.45 bits per heavy atom. The van der Waals surface area contributed by atoms with Crippen molar-refractivity contribution in [3.8, 4) is 0 Å². The van der Waals surface area contributed by atoms with E-state index in [0.717, 1.165) is 5.76 Å². The normalized spacial score (nSPS) is 12.8. The van der Waals surface area contributed by atoms with Crippen LogP contribution in [0, 0.1) is 5.82 Å². The Kier molecular flexibility index (Phi) is 5.09. The molecule has 0 radical (unpaired) electrons. The quantitative estimate of drug-likeness (QED) is 0.889. The third-order valence-electron chi connectivity index (χ3n) is 2.75. The van der Waals surface area contributed by atoms with Gasteiger partial charge in [-0.05, 0) is 36.4 Å². The Morgan fingerprint density at radius 2 is 1.80 bits per heavy atom. The van der Waals surface area contributed by atoms with Crippen LogP contribution in [0.25, 0.3) is 0 Å². The summed E-state index contributed by atoms with van der Waals surface area (Å²) in [6.45, 7) is 4.78. The molecule has 0 bridgehead atoms. The van der Waals surface area contributed by atoms with E-state index in [1.165, 1.54) is 24.3 Å². The molecule has 1 N–H and O–H groups in total. The summed E-state index contributed by atoms with van der Waals surface area (Å²) in [6, 6.07) is 9.80. The molecule has 0 amide bonds. The van der Waals surface area contributed by atoms with Gasteiger partial charge in [0.15, 0.2) is 0 Å². The number of rotatable bonds is 6. The van der Waals surface area contributed by atoms with Gasteiger partial charge in [0, 0.05) is 10.9 Å². The minimum Gasteiger partial charge on any atom is -0.464 e. The summed E-state index contributed by atoms with van der Waals surface area (Å²) in [5.74, 6) is 1.47. The van der Waals surface area contributed by atoms with Gasteiger partial charge in [-0.25, -0.2) is 4.39 Å². The SMILES string of the molecule is CC(C)NCc1ccc(CS(=O)c2ccc(F)cc2)o1. The van der Waals surface area contributed by atoms with Crippen molar-refractivity contribution in [1.29, 1.82) is 0 Å². The van der Waals surface area contributed by atoms with E-state index in [2.05, 4.69) is 19.2 Å². The monoisotopic (exact) mass is 295 g/mol. The van der Waals surface area contributed by atoms with Gasteiger partial charge in [-0.3, -0.25) is 4.21 Å². The van der Waals surface area contributed by atoms with Gasteiger partial charge < -0.3 is 9.73 Å². The molecule has 2 rings (SSSR count). The second-order valence-electron chi connectivity index (χ2n) is 4.85. The zero-order valence-corrected chi connectivity index (χ0v) is 12.4. The molecule has 2 aromatic rings. The number of halogens is 1. The minimum absolute atomic E-state index is 0.299. The highest BCUT2D eigenvalue weighted by molar-refractivity contribution is 7.84. The van der Waals surface area contributed by atoms with E-state index in [-0.39, 0.29) is 5.82 Å². The number of hydrogen-bond donors (Lipinski definition) is 1. The molecule has 0 spiro atoms. The maximum atomic E-state index is 12.8. The van der Waals surface area contributed by atoms with Crippen LogP contribution in [0.1, 0.15) is 25.4 Å². The maximum Gasteiger partial charge on any atom is 0.123 e. The van der Waals surface area contributed by atoms with Crippen LogP contribution in [0.5, 0.6) is 0 Å². The van der Waals surface area contributed by atoms with Crippen molar-refractivity contribution >= 4 is 10.8 Å². The number of benzene rings is 1. The Morgan fingerprint density at radius 1 is 1.15 bits per heavy atom. The van der Waals surface area contributed by atoms with Crippen molar-refractivity contribution in [3.05, 3.63) is 53.7 Å². The van der Waals surface area contributed by atoms with Gasteiger partial charge in [-0.2, -0.15) is 0 Å². The molecule has 0 aliphatic heterocycles. The third-order valence-corrected chi connectivity index (χ3v) is 4.10. The first-order valence-electron chi connectivity index (χ1n) is 6.49. The standard InChI is InChI=1S/C15H18FNO2S/c1-11(2)17-9-13-5-6-14(19-13)10-20(18)15-7-3-12(16)4-8-15/h3-8,11,17H,9-10H2,1-2H3. The van der Waals surface area contributed by atoms with Crippen LogP contribution < -0.4 is 5.32 Å². The fourth-order valence-electron chi connectivity index (χ4n) is 1.70. The van der Waals surface area contributed by atoms with E-state index >= 15 is 0 Å². The molecular weight excluding hydrogens is 277 g/mol. The highest BCUT2D eigenvalue weighted by Gasteiger charge is 2.09. The Labute approximate surface area is 120 Å². The van der Waals surface area contributed by atoms with Crippen molar-refractivity contribution in [1.82, 2.24) is 5.32 Å². The lowest BCUT2D eigenvalue weighted by Crippen LogP contribution is -2.21. The lowest BCUT2D eigenvalue weighted by Gasteiger charge is -2.05. The van der Waals surface area contributed by atoms with Gasteiger partial charge in [0.1, 0.15) is 17.3 Å². The molecular formula is C15H18FNO2S. The number of furan rings is 1. The number of nitrogens with one attached hydrogen (secondary N) is 1. The van der Waals surface area contributed by atoms with Gasteiger partial charge in [0.25, 0.3) is 0 Å². The lowest BCUT2D eigenvalue weighted by molar-refractivity contribution is 0.445. The van der Waals surface area contributed by atoms with Crippen molar-refractivity contribution in [2.75, 3.05) is 0 Å². The van der Waals surface area contributed by atoms with Gasteiger partial charge >= 0.3 is 0 Å². The summed E-state index contributed by atoms with van der Waals surface area (Å²) in [6.07, 6.45) is 0. The second-order valence-corrected chi connectivity index (χ2v) is 6.30. The average molecular weight is 295 g/mol. The topological polar surface area (TPSA) is 42.2 Å². The predicted octanol–water partition coefficient (Wildman–Crippen LogP) is 3.22. The zero-order valence-electron chi connectivity index (χ0n) is 11.6. The fourth-order valence-corrected chi connectivity index (χ4v) is 2.72. The van der Waals surface area contributed by atoms with Gasteiger partial charge in [-0.15, -0.1) is 0 Å². The van der Waals surface area contributed by atoms with E-state index in [4.69, 9.17) is 4.42 Å². The summed E-state index contributed by atoms with van der Waals surface area (Å²) in [5, 5.41) is 3.26. The molecule has 1 aromatic carbocycles. The van der Waals surface area contributed by atoms with Crippen LogP contribution in [0.2, 0.25) is 0 Å². The molecule has 0 saturated heterocycles. The van der Waals surface area contributed by atoms with Gasteiger partial charge in [0.2, 0.25) is 0 Å².